The van der Waals surface area contributed by atoms with E-state index < -0.39 is 17.7 Å². The van der Waals surface area contributed by atoms with Crippen molar-refractivity contribution in [3.63, 3.8) is 0 Å². The number of carbonyl (C=O) groups excluding carboxylic acids is 4. The molecular weight excluding hydrogens is 414 g/mol. The first-order valence-corrected chi connectivity index (χ1v) is 9.02. The quantitative estimate of drug-likeness (QED) is 0.538. The molecule has 0 saturated heterocycles. The van der Waals surface area contributed by atoms with E-state index in [1.165, 1.54) is 0 Å². The number of carbonyl (C=O) groups is 4. The maximum atomic E-state index is 12.3. The number of nitrogens with zero attached hydrogens (tertiary/aromatic N) is 1. The van der Waals surface area contributed by atoms with Crippen LogP contribution in [0.1, 0.15) is 31.1 Å². The predicted molar refractivity (Wildman–Crippen MR) is 101 cm³/mol. The van der Waals surface area contributed by atoms with E-state index in [1.54, 1.807) is 42.5 Å². The Morgan fingerprint density at radius 1 is 0.889 bits per heavy atom. The molecule has 7 nitrogen and oxygen atoms in total. The molecule has 4 amide bonds. The van der Waals surface area contributed by atoms with Gasteiger partial charge in [0.15, 0.2) is 0 Å². The third-order valence-electron chi connectivity index (χ3n) is 4.00. The smallest absolute Gasteiger partial charge is 0.262 e. The van der Waals surface area contributed by atoms with Crippen molar-refractivity contribution < 1.29 is 19.2 Å². The summed E-state index contributed by atoms with van der Waals surface area (Å²) >= 11 is 3.26. The Morgan fingerprint density at radius 2 is 1.56 bits per heavy atom. The van der Waals surface area contributed by atoms with Gasteiger partial charge in [-0.1, -0.05) is 34.1 Å². The monoisotopic (exact) mass is 429 g/mol. The van der Waals surface area contributed by atoms with Gasteiger partial charge in [0.2, 0.25) is 5.91 Å². The van der Waals surface area contributed by atoms with Gasteiger partial charge in [0.05, 0.1) is 11.1 Å². The van der Waals surface area contributed by atoms with Gasteiger partial charge < -0.3 is 10.6 Å². The number of amides is 4. The topological polar surface area (TPSA) is 95.6 Å². The number of halogens is 1. The Bertz CT molecular complexity index is 914. The Morgan fingerprint density at radius 3 is 2.30 bits per heavy atom. The molecule has 1 aliphatic rings. The van der Waals surface area contributed by atoms with Crippen molar-refractivity contribution in [1.82, 2.24) is 15.5 Å². The van der Waals surface area contributed by atoms with Crippen LogP contribution in [0.5, 0.6) is 0 Å². The number of rotatable bonds is 6. The molecule has 0 radical (unpaired) electrons. The first kappa shape index (κ1) is 18.8. The molecule has 0 spiro atoms. The molecular formula is C19H16BrN3O4. The van der Waals surface area contributed by atoms with Crippen LogP contribution in [0.2, 0.25) is 0 Å². The lowest BCUT2D eigenvalue weighted by atomic mass is 10.1. The Kier molecular flexibility index (Phi) is 5.66. The second-order valence-corrected chi connectivity index (χ2v) is 6.77. The van der Waals surface area contributed by atoms with E-state index in [-0.39, 0.29) is 36.7 Å². The summed E-state index contributed by atoms with van der Waals surface area (Å²) in [5.41, 5.74) is 1.09. The minimum absolute atomic E-state index is 0.187. The first-order valence-electron chi connectivity index (χ1n) is 8.23. The highest BCUT2D eigenvalue weighted by Gasteiger charge is 2.36. The van der Waals surface area contributed by atoms with E-state index in [1.807, 2.05) is 6.07 Å². The largest absolute Gasteiger partial charge is 0.353 e. The predicted octanol–water partition coefficient (Wildman–Crippen LogP) is 1.59. The van der Waals surface area contributed by atoms with Crippen molar-refractivity contribution in [1.29, 1.82) is 0 Å². The molecule has 0 aliphatic carbocycles. The fraction of sp³-hybridized carbons (Fsp3) is 0.158. The molecule has 2 aromatic rings. The minimum Gasteiger partial charge on any atom is -0.353 e. The van der Waals surface area contributed by atoms with Gasteiger partial charge in [0.25, 0.3) is 17.7 Å². The van der Waals surface area contributed by atoms with Crippen LogP contribution in [0.4, 0.5) is 0 Å². The number of imide groups is 1. The lowest BCUT2D eigenvalue weighted by molar-refractivity contribution is -0.121. The Balaban J connectivity index is 1.47. The van der Waals surface area contributed by atoms with Crippen molar-refractivity contribution in [3.8, 4) is 0 Å². The van der Waals surface area contributed by atoms with Crippen LogP contribution >= 0.6 is 15.9 Å². The summed E-state index contributed by atoms with van der Waals surface area (Å²) in [6.07, 6.45) is 0. The van der Waals surface area contributed by atoms with Crippen LogP contribution in [-0.2, 0) is 4.79 Å². The molecule has 3 rings (SSSR count). The molecule has 0 saturated carbocycles. The van der Waals surface area contributed by atoms with Gasteiger partial charge in [-0.25, -0.2) is 0 Å². The van der Waals surface area contributed by atoms with Crippen LogP contribution < -0.4 is 10.6 Å². The molecule has 138 valence electrons. The number of benzene rings is 2. The van der Waals surface area contributed by atoms with E-state index in [9.17, 15) is 19.2 Å². The average Bonchev–Trinajstić information content (AvgIpc) is 2.90. The third-order valence-corrected chi connectivity index (χ3v) is 4.50. The minimum atomic E-state index is -0.496. The van der Waals surface area contributed by atoms with E-state index in [0.29, 0.717) is 10.0 Å². The van der Waals surface area contributed by atoms with Crippen LogP contribution in [-0.4, -0.2) is 48.2 Å². The first-order chi connectivity index (χ1) is 13.0. The molecule has 0 fully saturated rings. The summed E-state index contributed by atoms with van der Waals surface area (Å²) < 4.78 is 0.683. The van der Waals surface area contributed by atoms with Crippen molar-refractivity contribution in [3.05, 3.63) is 69.7 Å². The van der Waals surface area contributed by atoms with Crippen molar-refractivity contribution in [2.75, 3.05) is 19.6 Å². The number of hydrogen-bond acceptors (Lipinski definition) is 4. The molecule has 1 heterocycles. The fourth-order valence-electron chi connectivity index (χ4n) is 2.68. The molecule has 8 heteroatoms. The van der Waals surface area contributed by atoms with Crippen molar-refractivity contribution in [2.24, 2.45) is 0 Å². The summed E-state index contributed by atoms with van der Waals surface area (Å²) in [7, 11) is 0. The maximum Gasteiger partial charge on any atom is 0.262 e. The number of hydrogen-bond donors (Lipinski definition) is 2. The lowest BCUT2D eigenvalue weighted by Gasteiger charge is -2.13. The molecule has 2 N–H and O–H groups in total. The SMILES string of the molecule is O=C(CN1C(=O)c2ccc(Br)cc2C1=O)NCCNC(=O)c1ccccc1. The maximum absolute atomic E-state index is 12.3. The zero-order chi connectivity index (χ0) is 19.4. The van der Waals surface area contributed by atoms with E-state index in [4.69, 9.17) is 0 Å². The lowest BCUT2D eigenvalue weighted by Crippen LogP contribution is -2.42. The van der Waals surface area contributed by atoms with Crippen molar-refractivity contribution >= 4 is 39.6 Å². The summed E-state index contributed by atoms with van der Waals surface area (Å²) in [5, 5.41) is 5.27. The van der Waals surface area contributed by atoms with Gasteiger partial charge in [-0.2, -0.15) is 0 Å². The van der Waals surface area contributed by atoms with Gasteiger partial charge in [0.1, 0.15) is 6.54 Å². The molecule has 2 aromatic carbocycles. The second-order valence-electron chi connectivity index (χ2n) is 5.86. The van der Waals surface area contributed by atoms with Gasteiger partial charge in [-0.05, 0) is 30.3 Å². The highest BCUT2D eigenvalue weighted by Crippen LogP contribution is 2.25. The van der Waals surface area contributed by atoms with Gasteiger partial charge in [0, 0.05) is 23.1 Å². The zero-order valence-corrected chi connectivity index (χ0v) is 15.8. The third kappa shape index (κ3) is 4.22. The Labute approximate surface area is 163 Å². The van der Waals surface area contributed by atoms with Gasteiger partial charge >= 0.3 is 0 Å². The average molecular weight is 430 g/mol. The van der Waals surface area contributed by atoms with Crippen molar-refractivity contribution in [2.45, 2.75) is 0 Å². The summed E-state index contributed by atoms with van der Waals surface area (Å²) in [6, 6.07) is 13.5. The molecule has 0 unspecified atom stereocenters. The normalized spacial score (nSPS) is 12.7. The Hall–Kier alpha value is -3.00. The van der Waals surface area contributed by atoms with Crippen LogP contribution in [0, 0.1) is 0 Å². The standard InChI is InChI=1S/C19H16BrN3O4/c20-13-6-7-14-15(10-13)19(27)23(18(14)26)11-16(24)21-8-9-22-17(25)12-4-2-1-3-5-12/h1-7,10H,8-9,11H2,(H,21,24)(H,22,25). The number of nitrogens with one attached hydrogen (secondary N) is 2. The highest BCUT2D eigenvalue weighted by atomic mass is 79.9. The van der Waals surface area contributed by atoms with E-state index >= 15 is 0 Å². The molecule has 1 aliphatic heterocycles. The molecule has 27 heavy (non-hydrogen) atoms. The second kappa shape index (κ2) is 8.13. The van der Waals surface area contributed by atoms with Crippen LogP contribution in [0.15, 0.2) is 53.0 Å². The van der Waals surface area contributed by atoms with Crippen LogP contribution in [0.25, 0.3) is 0 Å². The van der Waals surface area contributed by atoms with Crippen LogP contribution in [0.3, 0.4) is 0 Å². The summed E-state index contributed by atoms with van der Waals surface area (Å²) in [4.78, 5) is 49.4. The molecule has 0 bridgehead atoms. The van der Waals surface area contributed by atoms with Gasteiger partial charge in [-0.3, -0.25) is 24.1 Å². The summed E-state index contributed by atoms with van der Waals surface area (Å²) in [6.45, 7) is 0.0528. The highest BCUT2D eigenvalue weighted by molar-refractivity contribution is 9.10. The number of fused-ring (bicyclic) bond motifs is 1. The summed E-state index contributed by atoms with van der Waals surface area (Å²) in [5.74, 6) is -1.70. The van der Waals surface area contributed by atoms with E-state index in [0.717, 1.165) is 4.90 Å². The van der Waals surface area contributed by atoms with E-state index in [2.05, 4.69) is 26.6 Å². The molecule has 0 aromatic heterocycles. The fourth-order valence-corrected chi connectivity index (χ4v) is 3.04. The van der Waals surface area contributed by atoms with Gasteiger partial charge in [-0.15, -0.1) is 0 Å². The zero-order valence-electron chi connectivity index (χ0n) is 14.2. The molecule has 0 atom stereocenters.